The minimum Gasteiger partial charge on any atom is -0.508 e. The van der Waals surface area contributed by atoms with Crippen molar-refractivity contribution < 1.29 is 18.6 Å². The SMILES string of the molecule is C#Cc1c(F)ccc2cc(O)cc(-c3nc4c5c(nc(=O)[nH]c5c3F)N3CCC[C@@H](C#N)C[C@H]3CO4)c12. The molecular formula is C27H19F2N5O3. The molecule has 37 heavy (non-hydrogen) atoms. The molecule has 6 rings (SSSR count). The number of anilines is 1. The molecule has 0 unspecified atom stereocenters. The Labute approximate surface area is 209 Å². The minimum absolute atomic E-state index is 0.0295. The minimum atomic E-state index is -0.898. The van der Waals surface area contributed by atoms with Crippen LogP contribution in [0.4, 0.5) is 14.6 Å². The van der Waals surface area contributed by atoms with E-state index in [-0.39, 0.29) is 69.1 Å². The third-order valence-electron chi connectivity index (χ3n) is 7.03. The summed E-state index contributed by atoms with van der Waals surface area (Å²) in [5.74, 6) is 0.601. The predicted octanol–water partition coefficient (Wildman–Crippen LogP) is 3.99. The molecule has 4 aromatic rings. The fraction of sp³-hybridized carbons (Fsp3) is 0.259. The number of aromatic amines is 1. The van der Waals surface area contributed by atoms with E-state index in [1.807, 2.05) is 4.90 Å². The van der Waals surface area contributed by atoms with Crippen molar-refractivity contribution in [1.29, 1.82) is 5.26 Å². The summed E-state index contributed by atoms with van der Waals surface area (Å²) in [6.07, 6.45) is 7.48. The molecular weight excluding hydrogens is 480 g/mol. The van der Waals surface area contributed by atoms with Crippen molar-refractivity contribution >= 4 is 27.5 Å². The first kappa shape index (κ1) is 22.7. The van der Waals surface area contributed by atoms with Crippen molar-refractivity contribution in [1.82, 2.24) is 15.0 Å². The topological polar surface area (TPSA) is 115 Å². The van der Waals surface area contributed by atoms with Gasteiger partial charge in [-0.2, -0.15) is 10.2 Å². The molecule has 2 atom stereocenters. The number of halogens is 2. The molecule has 2 aliphatic rings. The van der Waals surface area contributed by atoms with Crippen molar-refractivity contribution in [3.63, 3.8) is 0 Å². The monoisotopic (exact) mass is 499 g/mol. The number of pyridine rings is 1. The number of ether oxygens (including phenoxy) is 1. The van der Waals surface area contributed by atoms with Gasteiger partial charge in [0.25, 0.3) is 0 Å². The second-order valence-electron chi connectivity index (χ2n) is 9.22. The van der Waals surface area contributed by atoms with Crippen LogP contribution in [-0.4, -0.2) is 39.3 Å². The molecule has 0 spiro atoms. The standard InChI is InChI=1S/C27H19F2N5O3/c1-2-17-19(28)6-5-14-9-16(35)10-18(20(14)17)23-22(29)24-21-25(33-27(36)32-24)34-7-3-4-13(11-30)8-15(34)12-37-26(21)31-23/h1,5-6,9-10,13,15,35H,3-4,7-8,12H2,(H,32,33,36)/t13-,15+/m1/s1. The van der Waals surface area contributed by atoms with Crippen LogP contribution in [0.25, 0.3) is 32.9 Å². The molecule has 10 heteroatoms. The quantitative estimate of drug-likeness (QED) is 0.381. The van der Waals surface area contributed by atoms with Crippen LogP contribution in [-0.2, 0) is 0 Å². The van der Waals surface area contributed by atoms with Crippen molar-refractivity contribution in [2.45, 2.75) is 25.3 Å². The zero-order valence-corrected chi connectivity index (χ0v) is 19.4. The summed E-state index contributed by atoms with van der Waals surface area (Å²) in [6, 6.07) is 7.28. The van der Waals surface area contributed by atoms with Crippen LogP contribution < -0.4 is 15.3 Å². The molecule has 1 saturated heterocycles. The van der Waals surface area contributed by atoms with Crippen molar-refractivity contribution in [2.75, 3.05) is 18.1 Å². The first-order valence-electron chi connectivity index (χ1n) is 11.7. The summed E-state index contributed by atoms with van der Waals surface area (Å²) in [6.45, 7) is 0.656. The summed E-state index contributed by atoms with van der Waals surface area (Å²) in [5.41, 5.74) is -1.27. The highest BCUT2D eigenvalue weighted by Gasteiger charge is 2.34. The van der Waals surface area contributed by atoms with E-state index in [9.17, 15) is 19.6 Å². The summed E-state index contributed by atoms with van der Waals surface area (Å²) in [4.78, 5) is 25.6. The zero-order valence-electron chi connectivity index (χ0n) is 19.4. The Morgan fingerprint density at radius 1 is 1.24 bits per heavy atom. The maximum Gasteiger partial charge on any atom is 0.347 e. The Bertz CT molecular complexity index is 1750. The molecule has 2 aliphatic heterocycles. The fourth-order valence-corrected chi connectivity index (χ4v) is 5.39. The first-order valence-corrected chi connectivity index (χ1v) is 11.7. The largest absolute Gasteiger partial charge is 0.508 e. The van der Waals surface area contributed by atoms with E-state index in [4.69, 9.17) is 11.2 Å². The number of aromatic nitrogens is 3. The van der Waals surface area contributed by atoms with E-state index in [0.717, 1.165) is 0 Å². The van der Waals surface area contributed by atoms with Gasteiger partial charge in [-0.15, -0.1) is 6.42 Å². The Kier molecular flexibility index (Phi) is 5.20. The lowest BCUT2D eigenvalue weighted by Crippen LogP contribution is -2.40. The number of phenolic OH excluding ortho intramolecular Hbond substituents is 1. The summed E-state index contributed by atoms with van der Waals surface area (Å²) in [7, 11) is 0. The molecule has 2 N–H and O–H groups in total. The van der Waals surface area contributed by atoms with Gasteiger partial charge in [0.1, 0.15) is 35.1 Å². The smallest absolute Gasteiger partial charge is 0.347 e. The lowest BCUT2D eigenvalue weighted by Gasteiger charge is -2.29. The normalized spacial score (nSPS) is 18.9. The Balaban J connectivity index is 1.66. The number of nitrogens with one attached hydrogen (secondary N) is 1. The molecule has 0 amide bonds. The van der Waals surface area contributed by atoms with Gasteiger partial charge in [0.15, 0.2) is 5.82 Å². The van der Waals surface area contributed by atoms with E-state index in [1.165, 1.54) is 24.3 Å². The second kappa shape index (κ2) is 8.45. The summed E-state index contributed by atoms with van der Waals surface area (Å²) in [5, 5.41) is 20.7. The van der Waals surface area contributed by atoms with E-state index in [2.05, 4.69) is 26.9 Å². The lowest BCUT2D eigenvalue weighted by atomic mass is 9.95. The third kappa shape index (κ3) is 3.53. The van der Waals surface area contributed by atoms with Crippen molar-refractivity contribution in [3.8, 4) is 41.3 Å². The molecule has 184 valence electrons. The van der Waals surface area contributed by atoms with Crippen LogP contribution in [0.3, 0.4) is 0 Å². The highest BCUT2D eigenvalue weighted by atomic mass is 19.1. The van der Waals surface area contributed by atoms with Crippen molar-refractivity contribution in [3.05, 3.63) is 51.9 Å². The van der Waals surface area contributed by atoms with Gasteiger partial charge in [-0.1, -0.05) is 12.0 Å². The predicted molar refractivity (Wildman–Crippen MR) is 132 cm³/mol. The van der Waals surface area contributed by atoms with Crippen LogP contribution in [0.2, 0.25) is 0 Å². The highest BCUT2D eigenvalue weighted by molar-refractivity contribution is 6.04. The molecule has 2 aromatic carbocycles. The maximum atomic E-state index is 16.2. The van der Waals surface area contributed by atoms with Crippen LogP contribution in [0.15, 0.2) is 29.1 Å². The maximum absolute atomic E-state index is 16.2. The number of terminal acetylenes is 1. The van der Waals surface area contributed by atoms with E-state index in [1.54, 1.807) is 0 Å². The molecule has 0 radical (unpaired) electrons. The van der Waals surface area contributed by atoms with E-state index >= 15 is 4.39 Å². The van der Waals surface area contributed by atoms with Gasteiger partial charge in [-0.25, -0.2) is 18.6 Å². The van der Waals surface area contributed by atoms with Gasteiger partial charge in [-0.3, -0.25) is 0 Å². The Hall–Kier alpha value is -4.70. The number of fused-ring (bicyclic) bond motifs is 3. The molecule has 0 saturated carbocycles. The Morgan fingerprint density at radius 2 is 2.08 bits per heavy atom. The van der Waals surface area contributed by atoms with E-state index in [0.29, 0.717) is 31.2 Å². The molecule has 0 bridgehead atoms. The number of hydrogen-bond acceptors (Lipinski definition) is 7. The third-order valence-corrected chi connectivity index (χ3v) is 7.03. The molecule has 1 fully saturated rings. The Morgan fingerprint density at radius 3 is 2.86 bits per heavy atom. The van der Waals surface area contributed by atoms with Crippen molar-refractivity contribution in [2.24, 2.45) is 5.92 Å². The van der Waals surface area contributed by atoms with E-state index < -0.39 is 17.3 Å². The number of hydrogen-bond donors (Lipinski definition) is 2. The van der Waals surface area contributed by atoms with Gasteiger partial charge in [0.2, 0.25) is 5.88 Å². The van der Waals surface area contributed by atoms with Crippen LogP contribution in [0, 0.1) is 41.2 Å². The molecule has 2 aromatic heterocycles. The number of aromatic hydroxyl groups is 1. The first-order chi connectivity index (χ1) is 17.9. The van der Waals surface area contributed by atoms with Crippen LogP contribution >= 0.6 is 0 Å². The number of nitrogens with zero attached hydrogens (tertiary/aromatic N) is 4. The van der Waals surface area contributed by atoms with Gasteiger partial charge >= 0.3 is 5.69 Å². The second-order valence-corrected chi connectivity index (χ2v) is 9.22. The zero-order chi connectivity index (χ0) is 25.8. The summed E-state index contributed by atoms with van der Waals surface area (Å²) >= 11 is 0. The number of nitriles is 1. The van der Waals surface area contributed by atoms with Gasteiger partial charge < -0.3 is 19.7 Å². The van der Waals surface area contributed by atoms with Gasteiger partial charge in [0, 0.05) is 23.4 Å². The van der Waals surface area contributed by atoms with Crippen LogP contribution in [0.1, 0.15) is 24.8 Å². The van der Waals surface area contributed by atoms with Crippen LogP contribution in [0.5, 0.6) is 11.6 Å². The number of rotatable bonds is 1. The molecule has 4 heterocycles. The summed E-state index contributed by atoms with van der Waals surface area (Å²) < 4.78 is 36.9. The average molecular weight is 499 g/mol. The number of phenols is 1. The number of H-pyrrole nitrogens is 1. The average Bonchev–Trinajstić information content (AvgIpc) is 3.17. The number of benzene rings is 2. The van der Waals surface area contributed by atoms with Gasteiger partial charge in [-0.05, 0) is 42.8 Å². The lowest BCUT2D eigenvalue weighted by molar-refractivity contribution is 0.269. The van der Waals surface area contributed by atoms with Gasteiger partial charge in [0.05, 0.1) is 23.2 Å². The highest BCUT2D eigenvalue weighted by Crippen LogP contribution is 2.42. The fourth-order valence-electron chi connectivity index (χ4n) is 5.39. The molecule has 0 aliphatic carbocycles. The molecule has 8 nitrogen and oxygen atoms in total.